The maximum atomic E-state index is 3.39. The van der Waals surface area contributed by atoms with Crippen molar-refractivity contribution in [3.63, 3.8) is 0 Å². The molecule has 1 aliphatic heterocycles. The Bertz CT molecular complexity index is 654. The highest BCUT2D eigenvalue weighted by atomic mass is 15.1. The lowest BCUT2D eigenvalue weighted by atomic mass is 9.98. The van der Waals surface area contributed by atoms with Crippen LogP contribution in [0.25, 0.3) is 5.57 Å². The molecular weight excluding hydrogens is 290 g/mol. The third-order valence-corrected chi connectivity index (χ3v) is 4.64. The third kappa shape index (κ3) is 4.85. The summed E-state index contributed by atoms with van der Waals surface area (Å²) >= 11 is 0. The molecule has 1 nitrogen and oxygen atoms in total. The highest BCUT2D eigenvalue weighted by molar-refractivity contribution is 5.81. The maximum Gasteiger partial charge on any atom is 0.139 e. The van der Waals surface area contributed by atoms with Crippen LogP contribution in [0.1, 0.15) is 36.8 Å². The number of likely N-dealkylation sites (tertiary alicyclic amines) is 1. The number of hydrogen-bond acceptors (Lipinski definition) is 0. The van der Waals surface area contributed by atoms with E-state index in [1.165, 1.54) is 55.5 Å². The molecule has 1 fully saturated rings. The summed E-state index contributed by atoms with van der Waals surface area (Å²) in [4.78, 5) is 1.65. The molecule has 1 heterocycles. The van der Waals surface area contributed by atoms with E-state index < -0.39 is 0 Å². The van der Waals surface area contributed by atoms with Gasteiger partial charge < -0.3 is 4.90 Å². The minimum Gasteiger partial charge on any atom is -0.325 e. The Kier molecular flexibility index (Phi) is 6.28. The van der Waals surface area contributed by atoms with E-state index in [-0.39, 0.29) is 0 Å². The molecule has 122 valence electrons. The zero-order valence-electron chi connectivity index (χ0n) is 14.3. The quantitative estimate of drug-likeness (QED) is 0.826. The zero-order chi connectivity index (χ0) is 16.5. The minimum atomic E-state index is 0.966. The Morgan fingerprint density at radius 1 is 0.792 bits per heavy atom. The Hall–Kier alpha value is -2.30. The molecule has 1 heteroatoms. The van der Waals surface area contributed by atoms with E-state index in [1.54, 1.807) is 4.90 Å². The molecular formula is C23H26N+. The molecule has 24 heavy (non-hydrogen) atoms. The second kappa shape index (κ2) is 9.11. The van der Waals surface area contributed by atoms with Gasteiger partial charge in [-0.15, -0.1) is 0 Å². The second-order valence-corrected chi connectivity index (χ2v) is 6.45. The van der Waals surface area contributed by atoms with Gasteiger partial charge >= 0.3 is 0 Å². The first-order valence-electron chi connectivity index (χ1n) is 9.06. The van der Waals surface area contributed by atoms with Crippen molar-refractivity contribution in [3.8, 4) is 11.8 Å². The average molecular weight is 316 g/mol. The van der Waals surface area contributed by atoms with Gasteiger partial charge in [0.15, 0.2) is 0 Å². The van der Waals surface area contributed by atoms with Gasteiger partial charge in [0.25, 0.3) is 0 Å². The maximum absolute atomic E-state index is 3.39. The summed E-state index contributed by atoms with van der Waals surface area (Å²) < 4.78 is 0. The van der Waals surface area contributed by atoms with Crippen LogP contribution < -0.4 is 4.90 Å². The Labute approximate surface area is 146 Å². The standard InChI is InChI=1S/C23H25N/c1-2-11-19-24(18-10-1)20-12-9-17-23(21-13-5-3-6-14-21)22-15-7-4-8-16-22/h3-8,13-17H,1-2,10-11,18-20H2/p+1. The van der Waals surface area contributed by atoms with Crippen molar-refractivity contribution in [2.24, 2.45) is 0 Å². The normalized spacial score (nSPS) is 15.0. The van der Waals surface area contributed by atoms with Crippen LogP contribution in [-0.2, 0) is 0 Å². The van der Waals surface area contributed by atoms with Crippen LogP contribution in [0.5, 0.6) is 0 Å². The molecule has 0 atom stereocenters. The number of benzene rings is 2. The third-order valence-electron chi connectivity index (χ3n) is 4.64. The van der Waals surface area contributed by atoms with Crippen LogP contribution in [-0.4, -0.2) is 19.6 Å². The summed E-state index contributed by atoms with van der Waals surface area (Å²) in [6.45, 7) is 3.53. The van der Waals surface area contributed by atoms with Crippen molar-refractivity contribution >= 4 is 5.57 Å². The first-order chi connectivity index (χ1) is 11.9. The summed E-state index contributed by atoms with van der Waals surface area (Å²) in [5.41, 5.74) is 3.65. The van der Waals surface area contributed by atoms with Crippen molar-refractivity contribution in [2.75, 3.05) is 19.6 Å². The molecule has 1 N–H and O–H groups in total. The molecule has 0 radical (unpaired) electrons. The Morgan fingerprint density at radius 2 is 1.33 bits per heavy atom. The van der Waals surface area contributed by atoms with Gasteiger partial charge in [0.1, 0.15) is 6.54 Å². The second-order valence-electron chi connectivity index (χ2n) is 6.45. The highest BCUT2D eigenvalue weighted by Crippen LogP contribution is 2.22. The minimum absolute atomic E-state index is 0.966. The smallest absolute Gasteiger partial charge is 0.139 e. The van der Waals surface area contributed by atoms with Gasteiger partial charge in [-0.25, -0.2) is 0 Å². The average Bonchev–Trinajstić information content (AvgIpc) is 2.92. The van der Waals surface area contributed by atoms with Crippen LogP contribution in [0.15, 0.2) is 66.7 Å². The molecule has 0 aliphatic carbocycles. The number of quaternary nitrogens is 1. The predicted molar refractivity (Wildman–Crippen MR) is 102 cm³/mol. The van der Waals surface area contributed by atoms with Gasteiger partial charge in [0.2, 0.25) is 0 Å². The first-order valence-corrected chi connectivity index (χ1v) is 9.06. The molecule has 0 saturated carbocycles. The van der Waals surface area contributed by atoms with Gasteiger partial charge in [0.05, 0.1) is 13.1 Å². The SMILES string of the molecule is C(#CC[NH+]1CCCCCC1)C=C(c1ccccc1)c1ccccc1. The molecule has 2 aromatic rings. The molecule has 0 amide bonds. The van der Waals surface area contributed by atoms with Gasteiger partial charge in [0, 0.05) is 0 Å². The van der Waals surface area contributed by atoms with E-state index in [1.807, 2.05) is 0 Å². The zero-order valence-corrected chi connectivity index (χ0v) is 14.3. The predicted octanol–water partition coefficient (Wildman–Crippen LogP) is 3.58. The van der Waals surface area contributed by atoms with Gasteiger partial charge in [-0.3, -0.25) is 0 Å². The van der Waals surface area contributed by atoms with Crippen LogP contribution in [0.3, 0.4) is 0 Å². The summed E-state index contributed by atoms with van der Waals surface area (Å²) in [5, 5.41) is 0. The lowest BCUT2D eigenvalue weighted by molar-refractivity contribution is -0.891. The summed E-state index contributed by atoms with van der Waals surface area (Å²) in [7, 11) is 0. The van der Waals surface area contributed by atoms with E-state index >= 15 is 0 Å². The first kappa shape index (κ1) is 16.6. The van der Waals surface area contributed by atoms with E-state index in [0.717, 1.165) is 6.54 Å². The fraction of sp³-hybridized carbons (Fsp3) is 0.304. The largest absolute Gasteiger partial charge is 0.325 e. The van der Waals surface area contributed by atoms with E-state index in [2.05, 4.69) is 78.6 Å². The lowest BCUT2D eigenvalue weighted by Gasteiger charge is -2.12. The van der Waals surface area contributed by atoms with Crippen molar-refractivity contribution < 1.29 is 4.90 Å². The van der Waals surface area contributed by atoms with Crippen molar-refractivity contribution in [1.82, 2.24) is 0 Å². The van der Waals surface area contributed by atoms with Crippen LogP contribution in [0.4, 0.5) is 0 Å². The molecule has 0 spiro atoms. The summed E-state index contributed by atoms with van der Waals surface area (Å²) in [5.74, 6) is 6.71. The van der Waals surface area contributed by atoms with Gasteiger partial charge in [-0.2, -0.15) is 0 Å². The Morgan fingerprint density at radius 3 is 1.88 bits per heavy atom. The highest BCUT2D eigenvalue weighted by Gasteiger charge is 2.09. The number of allylic oxidation sites excluding steroid dienone is 1. The van der Waals surface area contributed by atoms with E-state index in [4.69, 9.17) is 0 Å². The topological polar surface area (TPSA) is 4.44 Å². The van der Waals surface area contributed by atoms with Crippen LogP contribution in [0, 0.1) is 11.8 Å². The molecule has 3 rings (SSSR count). The van der Waals surface area contributed by atoms with E-state index in [0.29, 0.717) is 0 Å². The molecule has 0 unspecified atom stereocenters. The Balaban J connectivity index is 1.76. The fourth-order valence-corrected chi connectivity index (χ4v) is 3.27. The van der Waals surface area contributed by atoms with Crippen LogP contribution >= 0.6 is 0 Å². The van der Waals surface area contributed by atoms with Crippen molar-refractivity contribution in [3.05, 3.63) is 77.9 Å². The molecule has 1 saturated heterocycles. The van der Waals surface area contributed by atoms with Gasteiger partial charge in [-0.1, -0.05) is 66.6 Å². The van der Waals surface area contributed by atoms with E-state index in [9.17, 15) is 0 Å². The molecule has 1 aliphatic rings. The number of rotatable bonds is 3. The van der Waals surface area contributed by atoms with Crippen LogP contribution in [0.2, 0.25) is 0 Å². The summed E-state index contributed by atoms with van der Waals surface area (Å²) in [6.07, 6.45) is 7.58. The lowest BCUT2D eigenvalue weighted by Crippen LogP contribution is -3.11. The van der Waals surface area contributed by atoms with Gasteiger partial charge in [-0.05, 0) is 54.4 Å². The molecule has 0 aromatic heterocycles. The summed E-state index contributed by atoms with van der Waals surface area (Å²) in [6, 6.07) is 21.1. The van der Waals surface area contributed by atoms with Crippen molar-refractivity contribution in [1.29, 1.82) is 0 Å². The monoisotopic (exact) mass is 316 g/mol. The fourth-order valence-electron chi connectivity index (χ4n) is 3.27. The number of nitrogens with one attached hydrogen (secondary N) is 1. The molecule has 2 aromatic carbocycles. The number of hydrogen-bond donors (Lipinski definition) is 1. The van der Waals surface area contributed by atoms with Crippen molar-refractivity contribution in [2.45, 2.75) is 25.7 Å². The molecule has 0 bridgehead atoms.